The molecule has 1 fully saturated rings. The quantitative estimate of drug-likeness (QED) is 0.542. The number of hydrogen-bond acceptors (Lipinski definition) is 5. The molecule has 4 rings (SSSR count). The molecule has 1 aliphatic rings. The van der Waals surface area contributed by atoms with Crippen LogP contribution in [-0.4, -0.2) is 63.7 Å². The van der Waals surface area contributed by atoms with Crippen LogP contribution in [0.1, 0.15) is 5.69 Å². The predicted octanol–water partition coefficient (Wildman–Crippen LogP) is 3.52. The molecule has 0 unspecified atom stereocenters. The van der Waals surface area contributed by atoms with Crippen LogP contribution < -0.4 is 9.64 Å². The van der Waals surface area contributed by atoms with Crippen LogP contribution in [0.15, 0.2) is 37.2 Å². The number of nitrogens with zero attached hydrogens (tertiary/aromatic N) is 6. The monoisotopic (exact) mass is 478 g/mol. The van der Waals surface area contributed by atoms with Crippen LogP contribution in [-0.2, 0) is 11.3 Å². The number of aromatic nitrogens is 4. The van der Waals surface area contributed by atoms with Crippen molar-refractivity contribution in [3.63, 3.8) is 0 Å². The molecule has 2 aromatic heterocycles. The molecule has 0 saturated carbocycles. The van der Waals surface area contributed by atoms with Crippen molar-refractivity contribution < 1.29 is 13.9 Å². The third-order valence-corrected chi connectivity index (χ3v) is 5.97. The molecule has 168 valence electrons. The average Bonchev–Trinajstić information content (AvgIpc) is 3.42. The summed E-state index contributed by atoms with van der Waals surface area (Å²) in [6.45, 7) is 5.60. The van der Waals surface area contributed by atoms with Gasteiger partial charge in [0.2, 0.25) is 5.91 Å². The second-order valence-corrected chi connectivity index (χ2v) is 7.93. The Bertz CT molecular complexity index is 1140. The fourth-order valence-corrected chi connectivity index (χ4v) is 4.16. The average molecular weight is 479 g/mol. The molecular formula is C21H21Cl2FN6O2. The van der Waals surface area contributed by atoms with Crippen molar-refractivity contribution in [3.8, 4) is 11.6 Å². The molecule has 1 saturated heterocycles. The van der Waals surface area contributed by atoms with Gasteiger partial charge in [-0.3, -0.25) is 9.48 Å². The Labute approximate surface area is 194 Å². The number of halogens is 3. The van der Waals surface area contributed by atoms with E-state index in [9.17, 15) is 9.18 Å². The van der Waals surface area contributed by atoms with Crippen LogP contribution in [0, 0.1) is 5.82 Å². The zero-order valence-electron chi connectivity index (χ0n) is 17.3. The van der Waals surface area contributed by atoms with Gasteiger partial charge in [-0.05, 0) is 18.2 Å². The molecule has 1 aliphatic heterocycles. The van der Waals surface area contributed by atoms with Crippen molar-refractivity contribution in [3.05, 3.63) is 58.7 Å². The lowest BCUT2D eigenvalue weighted by atomic mass is 10.2. The Kier molecular flexibility index (Phi) is 6.38. The maximum absolute atomic E-state index is 14.4. The topological polar surface area (TPSA) is 68.4 Å². The molecule has 8 nitrogen and oxygen atoms in total. The third-order valence-electron chi connectivity index (χ3n) is 5.31. The fourth-order valence-electron chi connectivity index (χ4n) is 3.64. The van der Waals surface area contributed by atoms with Crippen LogP contribution >= 0.6 is 23.2 Å². The zero-order chi connectivity index (χ0) is 22.8. The van der Waals surface area contributed by atoms with Gasteiger partial charge in [0.05, 0.1) is 23.5 Å². The van der Waals surface area contributed by atoms with Crippen molar-refractivity contribution in [2.75, 3.05) is 38.2 Å². The SMILES string of the molecule is C=Cc1c(Cl)c(-n2cccn2)nn1CC(=O)N1CCN(c2cc(OC)c(Cl)cc2F)CC1. The first-order valence-corrected chi connectivity index (χ1v) is 10.6. The Balaban J connectivity index is 1.45. The van der Waals surface area contributed by atoms with Crippen molar-refractivity contribution in [2.45, 2.75) is 6.54 Å². The van der Waals surface area contributed by atoms with Gasteiger partial charge in [0.15, 0.2) is 5.82 Å². The molecule has 0 N–H and O–H groups in total. The maximum Gasteiger partial charge on any atom is 0.244 e. The second kappa shape index (κ2) is 9.22. The number of ether oxygens (including phenoxy) is 1. The first-order valence-electron chi connectivity index (χ1n) is 9.87. The molecule has 1 aromatic carbocycles. The highest BCUT2D eigenvalue weighted by molar-refractivity contribution is 6.33. The lowest BCUT2D eigenvalue weighted by molar-refractivity contribution is -0.132. The van der Waals surface area contributed by atoms with Crippen LogP contribution in [0.25, 0.3) is 11.9 Å². The number of carbonyl (C=O) groups excluding carboxylic acids is 1. The highest BCUT2D eigenvalue weighted by Gasteiger charge is 2.25. The number of anilines is 1. The lowest BCUT2D eigenvalue weighted by Gasteiger charge is -2.36. The van der Waals surface area contributed by atoms with Gasteiger partial charge in [-0.25, -0.2) is 9.07 Å². The van der Waals surface area contributed by atoms with Crippen LogP contribution in [0.5, 0.6) is 5.75 Å². The van der Waals surface area contributed by atoms with Gasteiger partial charge in [-0.1, -0.05) is 29.8 Å². The van der Waals surface area contributed by atoms with Gasteiger partial charge >= 0.3 is 0 Å². The summed E-state index contributed by atoms with van der Waals surface area (Å²) in [6.07, 6.45) is 4.90. The van der Waals surface area contributed by atoms with Gasteiger partial charge in [0.1, 0.15) is 23.1 Å². The molecule has 0 aliphatic carbocycles. The molecule has 3 heterocycles. The van der Waals surface area contributed by atoms with Gasteiger partial charge in [0.25, 0.3) is 0 Å². The molecule has 11 heteroatoms. The minimum Gasteiger partial charge on any atom is -0.495 e. The summed E-state index contributed by atoms with van der Waals surface area (Å²) >= 11 is 12.4. The lowest BCUT2D eigenvalue weighted by Crippen LogP contribution is -2.50. The first-order chi connectivity index (χ1) is 15.4. The van der Waals surface area contributed by atoms with E-state index in [2.05, 4.69) is 16.8 Å². The second-order valence-electron chi connectivity index (χ2n) is 7.14. The summed E-state index contributed by atoms with van der Waals surface area (Å²) in [5.41, 5.74) is 0.939. The van der Waals surface area contributed by atoms with E-state index >= 15 is 0 Å². The van der Waals surface area contributed by atoms with E-state index in [-0.39, 0.29) is 17.5 Å². The summed E-state index contributed by atoms with van der Waals surface area (Å²) < 4.78 is 22.7. The summed E-state index contributed by atoms with van der Waals surface area (Å²) in [4.78, 5) is 16.5. The number of rotatable bonds is 6. The fraction of sp³-hybridized carbons (Fsp3) is 0.286. The maximum atomic E-state index is 14.4. The number of piperazine rings is 1. The van der Waals surface area contributed by atoms with E-state index in [4.69, 9.17) is 27.9 Å². The predicted molar refractivity (Wildman–Crippen MR) is 121 cm³/mol. The van der Waals surface area contributed by atoms with Crippen LogP contribution in [0.2, 0.25) is 10.0 Å². The Morgan fingerprint density at radius 3 is 2.66 bits per heavy atom. The van der Waals surface area contributed by atoms with E-state index in [1.807, 2.05) is 4.90 Å². The molecule has 0 radical (unpaired) electrons. The Morgan fingerprint density at radius 1 is 1.28 bits per heavy atom. The smallest absolute Gasteiger partial charge is 0.244 e. The zero-order valence-corrected chi connectivity index (χ0v) is 18.9. The minimum atomic E-state index is -0.427. The van der Waals surface area contributed by atoms with E-state index < -0.39 is 5.82 Å². The summed E-state index contributed by atoms with van der Waals surface area (Å²) in [6, 6.07) is 4.57. The van der Waals surface area contributed by atoms with Crippen molar-refractivity contribution in [1.29, 1.82) is 0 Å². The number of benzene rings is 1. The highest BCUT2D eigenvalue weighted by Crippen LogP contribution is 2.33. The van der Waals surface area contributed by atoms with E-state index in [1.54, 1.807) is 35.5 Å². The third kappa shape index (κ3) is 4.18. The molecule has 0 atom stereocenters. The van der Waals surface area contributed by atoms with Crippen molar-refractivity contribution in [1.82, 2.24) is 24.5 Å². The standard InChI is InChI=1S/C21H21Cl2FN6O2/c1-3-16-20(23)21(29-6-4-5-25-29)26-30(16)13-19(31)28-9-7-27(8-10-28)17-12-18(32-2)14(22)11-15(17)24/h3-6,11-12H,1,7-10,13H2,2H3. The van der Waals surface area contributed by atoms with Crippen molar-refractivity contribution in [2.24, 2.45) is 0 Å². The van der Waals surface area contributed by atoms with Gasteiger partial charge in [-0.2, -0.15) is 10.2 Å². The number of hydrogen-bond donors (Lipinski definition) is 0. The van der Waals surface area contributed by atoms with Gasteiger partial charge in [0, 0.05) is 44.6 Å². The van der Waals surface area contributed by atoms with Crippen molar-refractivity contribution >= 4 is 40.9 Å². The molecule has 0 spiro atoms. The van der Waals surface area contributed by atoms with Crippen LogP contribution in [0.4, 0.5) is 10.1 Å². The normalized spacial score (nSPS) is 14.0. The molecular weight excluding hydrogens is 458 g/mol. The largest absolute Gasteiger partial charge is 0.495 e. The van der Waals surface area contributed by atoms with E-state index in [0.29, 0.717) is 54.2 Å². The number of carbonyl (C=O) groups is 1. The Morgan fingerprint density at radius 2 is 2.03 bits per heavy atom. The van der Waals surface area contributed by atoms with Crippen LogP contribution in [0.3, 0.4) is 0 Å². The number of amides is 1. The molecule has 0 bridgehead atoms. The number of methoxy groups -OCH3 is 1. The summed E-state index contributed by atoms with van der Waals surface area (Å²) in [5, 5.41) is 9.16. The highest BCUT2D eigenvalue weighted by atomic mass is 35.5. The van der Waals surface area contributed by atoms with Gasteiger partial charge < -0.3 is 14.5 Å². The summed E-state index contributed by atoms with van der Waals surface area (Å²) in [7, 11) is 1.48. The Hall–Kier alpha value is -3.04. The molecule has 32 heavy (non-hydrogen) atoms. The van der Waals surface area contributed by atoms with E-state index in [1.165, 1.54) is 22.5 Å². The minimum absolute atomic E-state index is 0.00543. The van der Waals surface area contributed by atoms with E-state index in [0.717, 1.165) is 0 Å². The summed E-state index contributed by atoms with van der Waals surface area (Å²) in [5.74, 6) is 0.287. The molecule has 1 amide bonds. The first kappa shape index (κ1) is 22.2. The molecule has 3 aromatic rings. The van der Waals surface area contributed by atoms with Gasteiger partial charge in [-0.15, -0.1) is 0 Å².